The Balaban J connectivity index is 0.0000123. The molecule has 44 heteroatoms. The smallest absolute Gasteiger partial charge is 0.395 e. The summed E-state index contributed by atoms with van der Waals surface area (Å²) >= 11 is 0. The average Bonchev–Trinajstić information content (AvgIpc) is 0.817. The van der Waals surface area contributed by atoms with Crippen molar-refractivity contribution in [2.45, 2.75) is 300 Å². The summed E-state index contributed by atoms with van der Waals surface area (Å²) in [5.74, 6) is -2.06. The summed E-state index contributed by atoms with van der Waals surface area (Å²) in [5.41, 5.74) is 0. The van der Waals surface area contributed by atoms with E-state index in [0.717, 1.165) is 5.92 Å². The van der Waals surface area contributed by atoms with Gasteiger partial charge in [0.05, 0.1) is 59.5 Å². The number of hydrogen-bond acceptors (Lipinski definition) is 32. The summed E-state index contributed by atoms with van der Waals surface area (Å²) in [6.45, 7) is 6.33. The molecule has 3 fully saturated rings. The number of phosphoric ester groups is 2. The van der Waals surface area contributed by atoms with E-state index in [-0.39, 0.29) is 127 Å². The van der Waals surface area contributed by atoms with Crippen LogP contribution in [0.2, 0.25) is 0 Å². The molecule has 0 radical (unpaired) electrons. The predicted molar refractivity (Wildman–Crippen MR) is 438 cm³/mol. The third-order valence-electron chi connectivity index (χ3n) is 19.6. The minimum absolute atomic E-state index is 0.0299. The fourth-order valence-corrected chi connectivity index (χ4v) is 14.5. The number of ketones is 1. The number of nitrogens with one attached hydrogen (secondary N) is 5. The van der Waals surface area contributed by atoms with Crippen molar-refractivity contribution >= 4 is 68.7 Å². The van der Waals surface area contributed by atoms with Crippen LogP contribution in [0.15, 0.2) is 0 Å². The van der Waals surface area contributed by atoms with Gasteiger partial charge in [0.1, 0.15) is 78.8 Å². The number of aliphatic hydroxyl groups is 10. The van der Waals surface area contributed by atoms with E-state index in [1.165, 1.54) is 42.6 Å². The maximum absolute atomic E-state index is 13.7. The lowest BCUT2D eigenvalue weighted by Crippen LogP contribution is -2.64. The Labute approximate surface area is 716 Å². The Hall–Kier alpha value is -5.03. The Morgan fingerprint density at radius 3 is 0.902 bits per heavy atom. The van der Waals surface area contributed by atoms with Crippen LogP contribution in [0.1, 0.15) is 208 Å². The van der Waals surface area contributed by atoms with Crippen molar-refractivity contribution < 1.29 is 164 Å². The SMILES string of the molecule is CC(C)C.COCCN(CCOP(=O)(O)OCCN(CCOP(=O)(O)OCCN(CCO)C(=O)CCCCCNC(=O)CCCCCOC1OC(CO)C(O)C(O)C1NC(C)=O)C(=O)CCCCCCC(=O)CCCCCOC1OC(CO)C(O)C(O)C1NC(C)=O)C(=O)CCCCCNC(=O)CCCCCOC1OC(CO)C(O)C(O)C1NC(C)=O. The zero-order chi connectivity index (χ0) is 91.0. The molecule has 0 spiro atoms. The van der Waals surface area contributed by atoms with Crippen LogP contribution in [0, 0.1) is 5.92 Å². The quantitative estimate of drug-likeness (QED) is 0.0278. The maximum atomic E-state index is 13.7. The lowest BCUT2D eigenvalue weighted by molar-refractivity contribution is -0.270. The van der Waals surface area contributed by atoms with Gasteiger partial charge in [-0.3, -0.25) is 61.2 Å². The van der Waals surface area contributed by atoms with E-state index >= 15 is 0 Å². The van der Waals surface area contributed by atoms with Crippen LogP contribution >= 0.6 is 15.6 Å². The fourth-order valence-electron chi connectivity index (χ4n) is 13.1. The van der Waals surface area contributed by atoms with Crippen LogP contribution < -0.4 is 26.6 Å². The number of carbonyl (C=O) groups excluding carboxylic acids is 9. The maximum Gasteiger partial charge on any atom is 0.472 e. The summed E-state index contributed by atoms with van der Waals surface area (Å²) in [7, 11) is -8.23. The van der Waals surface area contributed by atoms with E-state index in [4.69, 9.17) is 51.3 Å². The second kappa shape index (κ2) is 65.5. The number of ether oxygens (including phenoxy) is 7. The van der Waals surface area contributed by atoms with Crippen molar-refractivity contribution in [1.82, 2.24) is 41.3 Å². The van der Waals surface area contributed by atoms with Gasteiger partial charge in [-0.1, -0.05) is 65.7 Å². The highest BCUT2D eigenvalue weighted by atomic mass is 31.2. The highest BCUT2D eigenvalue weighted by molar-refractivity contribution is 7.47. The number of hydrogen-bond donors (Lipinski definition) is 17. The van der Waals surface area contributed by atoms with Crippen LogP contribution in [0.5, 0.6) is 0 Å². The number of methoxy groups -OCH3 is 1. The first-order valence-corrected chi connectivity index (χ1v) is 45.8. The summed E-state index contributed by atoms with van der Waals surface area (Å²) < 4.78 is 86.2. The van der Waals surface area contributed by atoms with Crippen molar-refractivity contribution in [2.24, 2.45) is 5.92 Å². The number of aliphatic hydroxyl groups excluding tert-OH is 10. The van der Waals surface area contributed by atoms with Crippen LogP contribution in [-0.4, -0.2) is 359 Å². The second-order valence-corrected chi connectivity index (χ2v) is 33.9. The third-order valence-corrected chi connectivity index (χ3v) is 21.7. The van der Waals surface area contributed by atoms with Gasteiger partial charge in [-0.05, 0) is 83.0 Å². The predicted octanol–water partition coefficient (Wildman–Crippen LogP) is -0.135. The van der Waals surface area contributed by atoms with Crippen molar-refractivity contribution in [1.29, 1.82) is 0 Å². The molecular formula is C78H146N8O34P2. The van der Waals surface area contributed by atoms with E-state index < -0.39 is 184 Å². The van der Waals surface area contributed by atoms with Crippen molar-refractivity contribution in [2.75, 3.05) is 139 Å². The van der Waals surface area contributed by atoms with Gasteiger partial charge >= 0.3 is 15.6 Å². The molecule has 0 aliphatic carbocycles. The molecule has 0 aromatic carbocycles. The Morgan fingerprint density at radius 2 is 0.623 bits per heavy atom. The summed E-state index contributed by atoms with van der Waals surface area (Å²) in [4.78, 5) is 138. The van der Waals surface area contributed by atoms with Crippen LogP contribution in [-0.2, 0) is 104 Å². The first kappa shape index (κ1) is 113. The molecule has 3 aliphatic rings. The van der Waals surface area contributed by atoms with Gasteiger partial charge in [0.25, 0.3) is 0 Å². The molecule has 17 unspecified atom stereocenters. The molecule has 0 saturated carbocycles. The lowest BCUT2D eigenvalue weighted by Gasteiger charge is -2.42. The number of Topliss-reactive ketones (excluding diaryl/α,β-unsaturated/α-hetero) is 1. The van der Waals surface area contributed by atoms with Crippen LogP contribution in [0.4, 0.5) is 0 Å². The first-order valence-electron chi connectivity index (χ1n) is 42.8. The molecule has 3 saturated heterocycles. The number of carbonyl (C=O) groups is 9. The number of nitrogens with zero attached hydrogens (tertiary/aromatic N) is 3. The molecule has 3 rings (SSSR count). The van der Waals surface area contributed by atoms with Gasteiger partial charge in [0, 0.05) is 145 Å². The summed E-state index contributed by atoms with van der Waals surface area (Å²) in [5, 5.41) is 114. The minimum atomic E-state index is -4.84. The molecule has 712 valence electrons. The third kappa shape index (κ3) is 49.3. The van der Waals surface area contributed by atoms with Crippen molar-refractivity contribution in [3.8, 4) is 0 Å². The lowest BCUT2D eigenvalue weighted by atomic mass is 9.97. The van der Waals surface area contributed by atoms with E-state index in [2.05, 4.69) is 47.4 Å². The Bertz CT molecular complexity index is 3030. The molecule has 0 bridgehead atoms. The number of rotatable bonds is 67. The van der Waals surface area contributed by atoms with Crippen LogP contribution in [0.3, 0.4) is 0 Å². The van der Waals surface area contributed by atoms with Gasteiger partial charge in [-0.15, -0.1) is 0 Å². The summed E-state index contributed by atoms with van der Waals surface area (Å²) in [6.07, 6.45) is -4.01. The monoisotopic (exact) mass is 1800 g/mol. The van der Waals surface area contributed by atoms with E-state index in [1.54, 1.807) is 0 Å². The molecule has 17 atom stereocenters. The fraction of sp³-hybridized carbons (Fsp3) is 0.885. The molecule has 3 heterocycles. The van der Waals surface area contributed by atoms with Gasteiger partial charge in [-0.2, -0.15) is 0 Å². The van der Waals surface area contributed by atoms with Crippen molar-refractivity contribution in [3.63, 3.8) is 0 Å². The highest BCUT2D eigenvalue weighted by Gasteiger charge is 2.48. The zero-order valence-electron chi connectivity index (χ0n) is 72.3. The van der Waals surface area contributed by atoms with E-state index in [0.29, 0.717) is 148 Å². The van der Waals surface area contributed by atoms with E-state index in [9.17, 15) is 113 Å². The number of phosphoric acid groups is 2. The van der Waals surface area contributed by atoms with Crippen LogP contribution in [0.25, 0.3) is 0 Å². The summed E-state index contributed by atoms with van der Waals surface area (Å²) in [6, 6.07) is -3.20. The largest absolute Gasteiger partial charge is 0.472 e. The topological polar surface area (TPSA) is 602 Å². The van der Waals surface area contributed by atoms with Crippen molar-refractivity contribution in [3.05, 3.63) is 0 Å². The normalized spacial score (nSPS) is 23.7. The molecule has 0 aromatic rings. The van der Waals surface area contributed by atoms with Gasteiger partial charge in [0.15, 0.2) is 18.9 Å². The molecular weight excluding hydrogens is 1650 g/mol. The molecule has 3 aliphatic heterocycles. The number of amides is 8. The molecule has 8 amide bonds. The Kier molecular flexibility index (Phi) is 60.7. The molecule has 42 nitrogen and oxygen atoms in total. The molecule has 17 N–H and O–H groups in total. The first-order chi connectivity index (χ1) is 58.0. The standard InChI is InChI=1S/C74H136N8O34P2.C4H10/c1-51(87)77-63-69(99)66(96)55(48-84)114-72(63)107-40-21-9-13-25-54(90)24-12-5-6-16-28-62(95)82(37-46-112-117(102,103)110-44-35-80(33-39-83)60(93)29-17-7-19-31-75-58(91)26-14-10-22-41-108-73-64(78-52(2)88)70(100)67(97)56(49-85)115-73)38-47-113-118(104,105)111-45-36-81(34-43-106-4)61(94)30-18-8-20-32-76-59(92)27-15-11-23-42-109-74-65(79-53(3)89)71(101)68(98)57(50-86)116-74;1-4(2)3/h55-57,63-74,83-86,96-101H,5-50H2,1-4H3,(H,75,91)(H,76,92)(H,77,87)(H,78,88)(H,79,89)(H,102,103)(H,104,105);4H,1-3H3. The van der Waals surface area contributed by atoms with Gasteiger partial charge in [-0.25, -0.2) is 9.13 Å². The van der Waals surface area contributed by atoms with Gasteiger partial charge < -0.3 is 135 Å². The van der Waals surface area contributed by atoms with Gasteiger partial charge in [0.2, 0.25) is 47.3 Å². The average molecular weight is 1800 g/mol. The minimum Gasteiger partial charge on any atom is -0.395 e. The second-order valence-electron chi connectivity index (χ2n) is 31.0. The van der Waals surface area contributed by atoms with E-state index in [1.807, 2.05) is 0 Å². The molecule has 0 aromatic heterocycles. The Morgan fingerprint density at radius 1 is 0.361 bits per heavy atom. The highest BCUT2D eigenvalue weighted by Crippen LogP contribution is 2.44. The number of unbranched alkanes of at least 4 members (excludes halogenated alkanes) is 13. The molecule has 122 heavy (non-hydrogen) atoms. The zero-order valence-corrected chi connectivity index (χ0v) is 74.1.